The molecular formula is C9H9ClO. The van der Waals surface area contributed by atoms with Crippen LogP contribution in [0.2, 0.25) is 0 Å². The Morgan fingerprint density at radius 2 is 2.00 bits per heavy atom. The van der Waals surface area contributed by atoms with Crippen LogP contribution in [0.5, 0.6) is 0 Å². The first kappa shape index (κ1) is 7.14. The van der Waals surface area contributed by atoms with E-state index in [1.54, 1.807) is 0 Å². The van der Waals surface area contributed by atoms with E-state index >= 15 is 0 Å². The van der Waals surface area contributed by atoms with E-state index in [0.717, 1.165) is 12.2 Å². The SMILES string of the molecule is ClCc1ccc(C2CO2)cc1. The molecule has 0 saturated carbocycles. The summed E-state index contributed by atoms with van der Waals surface area (Å²) in [6, 6.07) is 8.25. The molecule has 0 spiro atoms. The molecule has 0 bridgehead atoms. The van der Waals surface area contributed by atoms with Crippen LogP contribution in [0.25, 0.3) is 0 Å². The zero-order valence-corrected chi connectivity index (χ0v) is 6.84. The summed E-state index contributed by atoms with van der Waals surface area (Å²) in [4.78, 5) is 0. The summed E-state index contributed by atoms with van der Waals surface area (Å²) in [6.07, 6.45) is 0.361. The van der Waals surface area contributed by atoms with Crippen LogP contribution in [0, 0.1) is 0 Å². The normalized spacial score (nSPS) is 21.7. The van der Waals surface area contributed by atoms with Crippen LogP contribution >= 0.6 is 11.6 Å². The van der Waals surface area contributed by atoms with E-state index in [4.69, 9.17) is 16.3 Å². The summed E-state index contributed by atoms with van der Waals surface area (Å²) in [5.74, 6) is 0.589. The second-order valence-electron chi connectivity index (χ2n) is 2.70. The number of ether oxygens (including phenoxy) is 1. The molecule has 1 aliphatic rings. The molecule has 0 aliphatic carbocycles. The summed E-state index contributed by atoms with van der Waals surface area (Å²) < 4.78 is 5.14. The smallest absolute Gasteiger partial charge is 0.106 e. The molecule has 0 aromatic heterocycles. The lowest BCUT2D eigenvalue weighted by Gasteiger charge is -1.96. The van der Waals surface area contributed by atoms with Gasteiger partial charge in [-0.2, -0.15) is 0 Å². The summed E-state index contributed by atoms with van der Waals surface area (Å²) in [6.45, 7) is 0.875. The van der Waals surface area contributed by atoms with Crippen LogP contribution < -0.4 is 0 Å². The maximum atomic E-state index is 5.64. The fourth-order valence-corrected chi connectivity index (χ4v) is 1.24. The van der Waals surface area contributed by atoms with Gasteiger partial charge in [0.2, 0.25) is 0 Å². The van der Waals surface area contributed by atoms with Gasteiger partial charge in [-0.1, -0.05) is 24.3 Å². The Balaban J connectivity index is 2.19. The van der Waals surface area contributed by atoms with Gasteiger partial charge in [-0.25, -0.2) is 0 Å². The number of halogens is 1. The minimum Gasteiger partial charge on any atom is -0.368 e. The number of benzene rings is 1. The molecule has 1 aromatic rings. The van der Waals surface area contributed by atoms with Crippen molar-refractivity contribution in [3.63, 3.8) is 0 Å². The number of hydrogen-bond acceptors (Lipinski definition) is 1. The molecule has 1 fully saturated rings. The molecule has 0 radical (unpaired) electrons. The zero-order chi connectivity index (χ0) is 7.68. The Morgan fingerprint density at radius 1 is 1.36 bits per heavy atom. The van der Waals surface area contributed by atoms with Crippen LogP contribution in [-0.2, 0) is 10.6 Å². The average Bonchev–Trinajstić information content (AvgIpc) is 2.87. The van der Waals surface area contributed by atoms with Gasteiger partial charge in [-0.15, -0.1) is 11.6 Å². The first-order valence-corrected chi connectivity index (χ1v) is 4.20. The predicted octanol–water partition coefficient (Wildman–Crippen LogP) is 2.50. The summed E-state index contributed by atoms with van der Waals surface area (Å²) in [5, 5.41) is 0. The summed E-state index contributed by atoms with van der Waals surface area (Å²) >= 11 is 5.64. The molecule has 2 heteroatoms. The van der Waals surface area contributed by atoms with Gasteiger partial charge in [-0.05, 0) is 11.1 Å². The second-order valence-corrected chi connectivity index (χ2v) is 2.96. The molecule has 11 heavy (non-hydrogen) atoms. The maximum Gasteiger partial charge on any atom is 0.106 e. The van der Waals surface area contributed by atoms with Gasteiger partial charge in [-0.3, -0.25) is 0 Å². The van der Waals surface area contributed by atoms with Gasteiger partial charge in [0.05, 0.1) is 6.61 Å². The Hall–Kier alpha value is -0.530. The van der Waals surface area contributed by atoms with Gasteiger partial charge in [0.1, 0.15) is 6.10 Å². The zero-order valence-electron chi connectivity index (χ0n) is 6.09. The van der Waals surface area contributed by atoms with Gasteiger partial charge in [0.25, 0.3) is 0 Å². The Morgan fingerprint density at radius 3 is 2.45 bits per heavy atom. The number of epoxide rings is 1. The number of alkyl halides is 1. The third kappa shape index (κ3) is 1.55. The molecule has 1 aromatic carbocycles. The van der Waals surface area contributed by atoms with Crippen molar-refractivity contribution in [3.8, 4) is 0 Å². The van der Waals surface area contributed by atoms with Crippen molar-refractivity contribution in [1.82, 2.24) is 0 Å². The third-order valence-electron chi connectivity index (χ3n) is 1.84. The second kappa shape index (κ2) is 2.84. The van der Waals surface area contributed by atoms with Gasteiger partial charge in [0.15, 0.2) is 0 Å². The third-order valence-corrected chi connectivity index (χ3v) is 2.15. The van der Waals surface area contributed by atoms with Crippen LogP contribution in [0.3, 0.4) is 0 Å². The molecule has 58 valence electrons. The van der Waals surface area contributed by atoms with Gasteiger partial charge in [0, 0.05) is 5.88 Å². The van der Waals surface area contributed by atoms with E-state index in [2.05, 4.69) is 12.1 Å². The number of rotatable bonds is 2. The lowest BCUT2D eigenvalue weighted by atomic mass is 10.1. The monoisotopic (exact) mass is 168 g/mol. The predicted molar refractivity (Wildman–Crippen MR) is 44.7 cm³/mol. The molecule has 1 heterocycles. The molecule has 1 saturated heterocycles. The fourth-order valence-electron chi connectivity index (χ4n) is 1.06. The fraction of sp³-hybridized carbons (Fsp3) is 0.333. The van der Waals surface area contributed by atoms with Crippen molar-refractivity contribution in [3.05, 3.63) is 35.4 Å². The molecule has 1 nitrogen and oxygen atoms in total. The van der Waals surface area contributed by atoms with Crippen molar-refractivity contribution < 1.29 is 4.74 Å². The standard InChI is InChI=1S/C9H9ClO/c10-5-7-1-3-8(4-2-7)9-6-11-9/h1-4,9H,5-6H2. The maximum absolute atomic E-state index is 5.64. The molecular weight excluding hydrogens is 160 g/mol. The van der Waals surface area contributed by atoms with E-state index in [0.29, 0.717) is 12.0 Å². The quantitative estimate of drug-likeness (QED) is 0.488. The van der Waals surface area contributed by atoms with Crippen molar-refractivity contribution in [1.29, 1.82) is 0 Å². The van der Waals surface area contributed by atoms with Gasteiger partial charge < -0.3 is 4.74 Å². The van der Waals surface area contributed by atoms with Crippen LogP contribution in [-0.4, -0.2) is 6.61 Å². The topological polar surface area (TPSA) is 12.5 Å². The van der Waals surface area contributed by atoms with E-state index in [9.17, 15) is 0 Å². The highest BCUT2D eigenvalue weighted by molar-refractivity contribution is 6.17. The van der Waals surface area contributed by atoms with E-state index in [1.807, 2.05) is 12.1 Å². The highest BCUT2D eigenvalue weighted by atomic mass is 35.5. The molecule has 1 aliphatic heterocycles. The minimum atomic E-state index is 0.361. The Bertz CT molecular complexity index is 238. The first-order chi connectivity index (χ1) is 5.40. The van der Waals surface area contributed by atoms with Crippen molar-refractivity contribution in [2.45, 2.75) is 12.0 Å². The van der Waals surface area contributed by atoms with E-state index < -0.39 is 0 Å². The summed E-state index contributed by atoms with van der Waals surface area (Å²) in [7, 11) is 0. The molecule has 2 rings (SSSR count). The average molecular weight is 169 g/mol. The first-order valence-electron chi connectivity index (χ1n) is 3.66. The van der Waals surface area contributed by atoms with Crippen LogP contribution in [0.15, 0.2) is 24.3 Å². The van der Waals surface area contributed by atoms with E-state index in [-0.39, 0.29) is 0 Å². The van der Waals surface area contributed by atoms with Crippen molar-refractivity contribution in [2.24, 2.45) is 0 Å². The van der Waals surface area contributed by atoms with Crippen LogP contribution in [0.1, 0.15) is 17.2 Å². The Labute approximate surface area is 70.9 Å². The number of hydrogen-bond donors (Lipinski definition) is 0. The van der Waals surface area contributed by atoms with Gasteiger partial charge >= 0.3 is 0 Å². The molecule has 1 unspecified atom stereocenters. The van der Waals surface area contributed by atoms with Crippen molar-refractivity contribution in [2.75, 3.05) is 6.61 Å². The highest BCUT2D eigenvalue weighted by Gasteiger charge is 2.23. The summed E-state index contributed by atoms with van der Waals surface area (Å²) in [5.41, 5.74) is 2.43. The highest BCUT2D eigenvalue weighted by Crippen LogP contribution is 2.29. The lowest BCUT2D eigenvalue weighted by molar-refractivity contribution is 0.415. The van der Waals surface area contributed by atoms with E-state index in [1.165, 1.54) is 5.56 Å². The van der Waals surface area contributed by atoms with Crippen molar-refractivity contribution >= 4 is 11.6 Å². The lowest BCUT2D eigenvalue weighted by Crippen LogP contribution is -1.81. The minimum absolute atomic E-state index is 0.361. The molecule has 1 atom stereocenters. The largest absolute Gasteiger partial charge is 0.368 e. The van der Waals surface area contributed by atoms with Crippen LogP contribution in [0.4, 0.5) is 0 Å². The molecule has 0 N–H and O–H groups in total. The molecule has 0 amide bonds. The Kier molecular flexibility index (Phi) is 1.84.